The van der Waals surface area contributed by atoms with Gasteiger partial charge in [0.1, 0.15) is 18.3 Å². The van der Waals surface area contributed by atoms with Crippen LogP contribution in [-0.2, 0) is 4.79 Å². The van der Waals surface area contributed by atoms with Crippen LogP contribution in [0.15, 0.2) is 11.6 Å². The Morgan fingerprint density at radius 1 is 1.31 bits per heavy atom. The fourth-order valence-electron chi connectivity index (χ4n) is 1.12. The number of aliphatic carboxylic acids is 1. The van der Waals surface area contributed by atoms with Crippen molar-refractivity contribution < 1.29 is 29.6 Å². The molecule has 0 amide bonds. The molecule has 5 nitrogen and oxygen atoms in total. The first-order chi connectivity index (χ1) is 5.95. The lowest BCUT2D eigenvalue weighted by Gasteiger charge is -2.28. The Bertz CT molecular complexity index is 251. The second-order valence-corrected chi connectivity index (χ2v) is 2.80. The Balaban J connectivity index is 2.97. The van der Waals surface area contributed by atoms with Crippen molar-refractivity contribution in [3.8, 4) is 0 Å². The van der Waals surface area contributed by atoms with Crippen molar-refractivity contribution in [3.63, 3.8) is 0 Å². The summed E-state index contributed by atoms with van der Waals surface area (Å²) >= 11 is 0. The Hall–Kier alpha value is -0.980. The third-order valence-corrected chi connectivity index (χ3v) is 1.89. The molecule has 1 aliphatic rings. The molecule has 0 aromatic heterocycles. The molecule has 1 rings (SSSR count). The van der Waals surface area contributed by atoms with Gasteiger partial charge in [-0.1, -0.05) is 0 Å². The molecule has 1 aliphatic carbocycles. The van der Waals surface area contributed by atoms with Gasteiger partial charge in [0.25, 0.3) is 0 Å². The van der Waals surface area contributed by atoms with E-state index in [1.807, 2.05) is 0 Å². The molecule has 0 aliphatic heterocycles. The van der Waals surface area contributed by atoms with Gasteiger partial charge in [-0.25, -0.2) is 9.18 Å². The van der Waals surface area contributed by atoms with E-state index in [2.05, 4.69) is 0 Å². The fraction of sp³-hybridized carbons (Fsp3) is 0.571. The molecule has 0 saturated heterocycles. The predicted octanol–water partition coefficient (Wildman–Crippen LogP) is -1.57. The largest absolute Gasteiger partial charge is 0.478 e. The van der Waals surface area contributed by atoms with E-state index in [0.29, 0.717) is 6.08 Å². The molecule has 13 heavy (non-hydrogen) atoms. The standard InChI is InChI=1S/C7H9FO5/c8-4-2(7(12)13)1-3(9)5(10)6(4)11/h1,3-6,9-11H,(H,12,13)/t3-,4+,5-,6+/m0/s1. The number of hydrogen-bond donors (Lipinski definition) is 4. The number of carboxylic acids is 1. The van der Waals surface area contributed by atoms with Crippen molar-refractivity contribution in [2.45, 2.75) is 24.5 Å². The number of carboxylic acid groups (broad SMARTS) is 1. The second-order valence-electron chi connectivity index (χ2n) is 2.80. The first-order valence-corrected chi connectivity index (χ1v) is 3.58. The lowest BCUT2D eigenvalue weighted by Crippen LogP contribution is -2.47. The molecule has 0 bridgehead atoms. The molecule has 6 heteroatoms. The molecule has 0 unspecified atom stereocenters. The summed E-state index contributed by atoms with van der Waals surface area (Å²) < 4.78 is 12.9. The van der Waals surface area contributed by atoms with Gasteiger partial charge in [-0.15, -0.1) is 0 Å². The van der Waals surface area contributed by atoms with Gasteiger partial charge in [0, 0.05) is 0 Å². The summed E-state index contributed by atoms with van der Waals surface area (Å²) in [6.07, 6.45) is -6.61. The predicted molar refractivity (Wildman–Crippen MR) is 38.6 cm³/mol. The number of halogens is 1. The molecule has 4 atom stereocenters. The van der Waals surface area contributed by atoms with Crippen LogP contribution in [0.4, 0.5) is 4.39 Å². The zero-order valence-corrected chi connectivity index (χ0v) is 6.46. The van der Waals surface area contributed by atoms with Crippen LogP contribution in [0, 0.1) is 0 Å². The van der Waals surface area contributed by atoms with E-state index in [0.717, 1.165) is 0 Å². The van der Waals surface area contributed by atoms with Crippen molar-refractivity contribution in [1.82, 2.24) is 0 Å². The van der Waals surface area contributed by atoms with Crippen LogP contribution in [0.1, 0.15) is 0 Å². The van der Waals surface area contributed by atoms with Crippen molar-refractivity contribution >= 4 is 5.97 Å². The summed E-state index contributed by atoms with van der Waals surface area (Å²) in [5, 5.41) is 35.3. The quantitative estimate of drug-likeness (QED) is 0.402. The first kappa shape index (κ1) is 10.1. The van der Waals surface area contributed by atoms with E-state index in [-0.39, 0.29) is 0 Å². The fourth-order valence-corrected chi connectivity index (χ4v) is 1.12. The number of alkyl halides is 1. The molecule has 74 valence electrons. The van der Waals surface area contributed by atoms with Crippen LogP contribution in [0.5, 0.6) is 0 Å². The molecule has 0 spiro atoms. The van der Waals surface area contributed by atoms with Crippen LogP contribution < -0.4 is 0 Å². The van der Waals surface area contributed by atoms with E-state index in [1.165, 1.54) is 0 Å². The summed E-state index contributed by atoms with van der Waals surface area (Å²) in [4.78, 5) is 10.4. The van der Waals surface area contributed by atoms with E-state index in [1.54, 1.807) is 0 Å². The van der Waals surface area contributed by atoms with Gasteiger partial charge in [0.15, 0.2) is 6.17 Å². The topological polar surface area (TPSA) is 98.0 Å². The molecule has 0 saturated carbocycles. The van der Waals surface area contributed by atoms with Crippen LogP contribution in [0.3, 0.4) is 0 Å². The van der Waals surface area contributed by atoms with Gasteiger partial charge >= 0.3 is 5.97 Å². The molecule has 4 N–H and O–H groups in total. The average Bonchev–Trinajstić information content (AvgIpc) is 2.07. The third kappa shape index (κ3) is 1.69. The van der Waals surface area contributed by atoms with Crippen molar-refractivity contribution in [2.75, 3.05) is 0 Å². The van der Waals surface area contributed by atoms with Crippen molar-refractivity contribution in [1.29, 1.82) is 0 Å². The van der Waals surface area contributed by atoms with Crippen molar-refractivity contribution in [2.24, 2.45) is 0 Å². The maximum Gasteiger partial charge on any atom is 0.334 e. The van der Waals surface area contributed by atoms with Gasteiger partial charge in [0.05, 0.1) is 5.57 Å². The zero-order valence-electron chi connectivity index (χ0n) is 6.46. The third-order valence-electron chi connectivity index (χ3n) is 1.89. The summed E-state index contributed by atoms with van der Waals surface area (Å²) in [6.45, 7) is 0. The normalized spacial score (nSPS) is 39.8. The highest BCUT2D eigenvalue weighted by molar-refractivity contribution is 5.88. The molecular formula is C7H9FO5. The number of hydrogen-bond acceptors (Lipinski definition) is 4. The summed E-state index contributed by atoms with van der Waals surface area (Å²) in [5.74, 6) is -1.56. The Morgan fingerprint density at radius 3 is 2.31 bits per heavy atom. The van der Waals surface area contributed by atoms with Gasteiger partial charge in [-0.2, -0.15) is 0 Å². The average molecular weight is 192 g/mol. The zero-order chi connectivity index (χ0) is 10.2. The highest BCUT2D eigenvalue weighted by Crippen LogP contribution is 2.22. The maximum absolute atomic E-state index is 12.9. The van der Waals surface area contributed by atoms with E-state index in [4.69, 9.17) is 20.4 Å². The molecular weight excluding hydrogens is 183 g/mol. The van der Waals surface area contributed by atoms with E-state index >= 15 is 0 Å². The van der Waals surface area contributed by atoms with Crippen LogP contribution in [0.25, 0.3) is 0 Å². The highest BCUT2D eigenvalue weighted by Gasteiger charge is 2.40. The Morgan fingerprint density at radius 2 is 1.85 bits per heavy atom. The van der Waals surface area contributed by atoms with E-state index in [9.17, 15) is 9.18 Å². The Labute approximate surface area is 72.7 Å². The van der Waals surface area contributed by atoms with Crippen LogP contribution in [0.2, 0.25) is 0 Å². The maximum atomic E-state index is 12.9. The SMILES string of the molecule is O=C(O)C1=C[C@H](O)[C@H](O)[C@H](O)[C@@H]1F. The lowest BCUT2D eigenvalue weighted by atomic mass is 9.90. The van der Waals surface area contributed by atoms with Crippen LogP contribution in [-0.4, -0.2) is 50.9 Å². The summed E-state index contributed by atoms with van der Waals surface area (Å²) in [6, 6.07) is 0. The first-order valence-electron chi connectivity index (χ1n) is 3.58. The minimum Gasteiger partial charge on any atom is -0.478 e. The number of aliphatic hydroxyl groups is 3. The summed E-state index contributed by atoms with van der Waals surface area (Å²) in [5.41, 5.74) is -0.731. The van der Waals surface area contributed by atoms with Crippen LogP contribution >= 0.6 is 0 Å². The summed E-state index contributed by atoms with van der Waals surface area (Å²) in [7, 11) is 0. The van der Waals surface area contributed by atoms with Gasteiger partial charge in [-0.05, 0) is 6.08 Å². The van der Waals surface area contributed by atoms with Gasteiger partial charge in [0.2, 0.25) is 0 Å². The monoisotopic (exact) mass is 192 g/mol. The Kier molecular flexibility index (Phi) is 2.65. The molecule has 0 heterocycles. The molecule has 0 radical (unpaired) electrons. The number of aliphatic hydroxyl groups excluding tert-OH is 3. The van der Waals surface area contributed by atoms with E-state index < -0.39 is 36.0 Å². The number of rotatable bonds is 1. The number of carbonyl (C=O) groups is 1. The minimum absolute atomic E-state index is 0.685. The second kappa shape index (κ2) is 3.41. The molecule has 0 aromatic rings. The smallest absolute Gasteiger partial charge is 0.334 e. The molecule has 0 aromatic carbocycles. The minimum atomic E-state index is -2.17. The van der Waals surface area contributed by atoms with Crippen molar-refractivity contribution in [3.05, 3.63) is 11.6 Å². The van der Waals surface area contributed by atoms with Gasteiger partial charge in [-0.3, -0.25) is 0 Å². The molecule has 0 fully saturated rings. The lowest BCUT2D eigenvalue weighted by molar-refractivity contribution is -0.136. The van der Waals surface area contributed by atoms with Gasteiger partial charge < -0.3 is 20.4 Å². The highest BCUT2D eigenvalue weighted by atomic mass is 19.1.